The van der Waals surface area contributed by atoms with E-state index in [2.05, 4.69) is 5.32 Å². The number of hydrogen-bond acceptors (Lipinski definition) is 3. The maximum atomic E-state index is 13.7. The molecule has 1 aliphatic rings. The van der Waals surface area contributed by atoms with E-state index in [9.17, 15) is 22.8 Å². The van der Waals surface area contributed by atoms with Crippen molar-refractivity contribution in [3.8, 4) is 5.75 Å². The molecule has 5 nitrogen and oxygen atoms in total. The van der Waals surface area contributed by atoms with E-state index >= 15 is 0 Å². The predicted octanol–water partition coefficient (Wildman–Crippen LogP) is 3.10. The molecule has 2 amide bonds. The highest BCUT2D eigenvalue weighted by molar-refractivity contribution is 6.03. The van der Waals surface area contributed by atoms with Crippen molar-refractivity contribution in [1.82, 2.24) is 0 Å². The number of carbonyl (C=O) groups is 2. The second kappa shape index (κ2) is 7.07. The molecule has 0 bridgehead atoms. The summed E-state index contributed by atoms with van der Waals surface area (Å²) in [4.78, 5) is 25.9. The SMILES string of the molecule is COc1ccc(N2CC(C(=O)Nc3ccc(F)c(F)c3F)CC2=O)cc1. The number of methoxy groups -OCH3 is 1. The number of ether oxygens (including phenoxy) is 1. The Labute approximate surface area is 147 Å². The largest absolute Gasteiger partial charge is 0.497 e. The van der Waals surface area contributed by atoms with Crippen LogP contribution in [0.15, 0.2) is 36.4 Å². The summed E-state index contributed by atoms with van der Waals surface area (Å²) in [6.07, 6.45) is -0.0663. The lowest BCUT2D eigenvalue weighted by atomic mass is 10.1. The summed E-state index contributed by atoms with van der Waals surface area (Å²) in [6.45, 7) is 0.0995. The van der Waals surface area contributed by atoms with E-state index in [1.165, 1.54) is 12.0 Å². The highest BCUT2D eigenvalue weighted by Crippen LogP contribution is 2.28. The zero-order chi connectivity index (χ0) is 18.8. The molecule has 0 spiro atoms. The minimum atomic E-state index is -1.66. The van der Waals surface area contributed by atoms with Gasteiger partial charge in [-0.15, -0.1) is 0 Å². The Morgan fingerprint density at radius 2 is 1.81 bits per heavy atom. The molecule has 1 unspecified atom stereocenters. The second-order valence-electron chi connectivity index (χ2n) is 5.82. The quantitative estimate of drug-likeness (QED) is 0.849. The number of nitrogens with one attached hydrogen (secondary N) is 1. The molecule has 0 saturated carbocycles. The lowest BCUT2D eigenvalue weighted by Gasteiger charge is -2.17. The predicted molar refractivity (Wildman–Crippen MR) is 88.4 cm³/mol. The zero-order valence-electron chi connectivity index (χ0n) is 13.8. The van der Waals surface area contributed by atoms with E-state index < -0.39 is 35.0 Å². The van der Waals surface area contributed by atoms with Crippen LogP contribution in [0.3, 0.4) is 0 Å². The molecule has 1 N–H and O–H groups in total. The fourth-order valence-corrected chi connectivity index (χ4v) is 2.75. The summed E-state index contributed by atoms with van der Waals surface area (Å²) in [6, 6.07) is 8.40. The van der Waals surface area contributed by atoms with E-state index in [0.717, 1.165) is 12.1 Å². The number of anilines is 2. The molecule has 2 aromatic rings. The summed E-state index contributed by atoms with van der Waals surface area (Å²) in [5.74, 6) is -5.50. The molecule has 1 heterocycles. The van der Waals surface area contributed by atoms with Crippen molar-refractivity contribution in [3.05, 3.63) is 53.8 Å². The van der Waals surface area contributed by atoms with Gasteiger partial charge in [0.2, 0.25) is 11.8 Å². The first kappa shape index (κ1) is 17.8. The van der Waals surface area contributed by atoms with Gasteiger partial charge in [-0.1, -0.05) is 0 Å². The van der Waals surface area contributed by atoms with Gasteiger partial charge in [0.05, 0.1) is 18.7 Å². The van der Waals surface area contributed by atoms with Crippen LogP contribution in [0.5, 0.6) is 5.75 Å². The van der Waals surface area contributed by atoms with Crippen molar-refractivity contribution >= 4 is 23.2 Å². The highest BCUT2D eigenvalue weighted by atomic mass is 19.2. The Hall–Kier alpha value is -3.03. The molecule has 8 heteroatoms. The maximum absolute atomic E-state index is 13.7. The third-order valence-corrected chi connectivity index (χ3v) is 4.17. The third kappa shape index (κ3) is 3.35. The lowest BCUT2D eigenvalue weighted by Crippen LogP contribution is -2.28. The molecule has 1 aliphatic heterocycles. The summed E-state index contributed by atoms with van der Waals surface area (Å²) < 4.78 is 44.9. The van der Waals surface area contributed by atoms with E-state index in [-0.39, 0.29) is 18.9 Å². The van der Waals surface area contributed by atoms with E-state index in [0.29, 0.717) is 11.4 Å². The van der Waals surface area contributed by atoms with Crippen LogP contribution in [0.25, 0.3) is 0 Å². The number of rotatable bonds is 4. The molecule has 1 saturated heterocycles. The van der Waals surface area contributed by atoms with E-state index in [1.54, 1.807) is 24.3 Å². The van der Waals surface area contributed by atoms with Crippen LogP contribution in [0.2, 0.25) is 0 Å². The van der Waals surface area contributed by atoms with Gasteiger partial charge in [-0.2, -0.15) is 0 Å². The van der Waals surface area contributed by atoms with Gasteiger partial charge in [0.15, 0.2) is 17.5 Å². The first-order valence-corrected chi connectivity index (χ1v) is 7.79. The van der Waals surface area contributed by atoms with Crippen LogP contribution in [0.1, 0.15) is 6.42 Å². The molecule has 0 radical (unpaired) electrons. The molecule has 3 rings (SSSR count). The normalized spacial score (nSPS) is 16.7. The summed E-state index contributed by atoms with van der Waals surface area (Å²) >= 11 is 0. The van der Waals surface area contributed by atoms with Crippen LogP contribution in [-0.4, -0.2) is 25.5 Å². The topological polar surface area (TPSA) is 58.6 Å². The molecular formula is C18H15F3N2O3. The van der Waals surface area contributed by atoms with Crippen molar-refractivity contribution in [2.45, 2.75) is 6.42 Å². The van der Waals surface area contributed by atoms with Crippen molar-refractivity contribution in [1.29, 1.82) is 0 Å². The van der Waals surface area contributed by atoms with Gasteiger partial charge in [0, 0.05) is 18.7 Å². The third-order valence-electron chi connectivity index (χ3n) is 4.17. The second-order valence-corrected chi connectivity index (χ2v) is 5.82. The first-order chi connectivity index (χ1) is 12.4. The number of carbonyl (C=O) groups excluding carboxylic acids is 2. The Kier molecular flexibility index (Phi) is 4.83. The number of amides is 2. The summed E-state index contributed by atoms with van der Waals surface area (Å²) in [5, 5.41) is 2.21. The Bertz CT molecular complexity index is 856. The van der Waals surface area contributed by atoms with Gasteiger partial charge in [0.25, 0.3) is 0 Å². The number of halogens is 3. The molecule has 0 aromatic heterocycles. The molecule has 2 aromatic carbocycles. The van der Waals surface area contributed by atoms with Gasteiger partial charge >= 0.3 is 0 Å². The summed E-state index contributed by atoms with van der Waals surface area (Å²) in [7, 11) is 1.52. The van der Waals surface area contributed by atoms with Gasteiger partial charge < -0.3 is 15.0 Å². The van der Waals surface area contributed by atoms with Crippen molar-refractivity contribution in [2.75, 3.05) is 23.9 Å². The van der Waals surface area contributed by atoms with Crippen LogP contribution in [0.4, 0.5) is 24.5 Å². The van der Waals surface area contributed by atoms with E-state index in [1.807, 2.05) is 0 Å². The molecule has 1 atom stereocenters. The van der Waals surface area contributed by atoms with Crippen LogP contribution in [-0.2, 0) is 9.59 Å². The van der Waals surface area contributed by atoms with Crippen LogP contribution in [0, 0.1) is 23.4 Å². The zero-order valence-corrected chi connectivity index (χ0v) is 13.8. The van der Waals surface area contributed by atoms with Gasteiger partial charge in [0.1, 0.15) is 5.75 Å². The fraction of sp³-hybridized carbons (Fsp3) is 0.222. The van der Waals surface area contributed by atoms with Crippen molar-refractivity contribution in [3.63, 3.8) is 0 Å². The molecule has 136 valence electrons. The Morgan fingerprint density at radius 1 is 1.12 bits per heavy atom. The lowest BCUT2D eigenvalue weighted by molar-refractivity contribution is -0.122. The summed E-state index contributed by atoms with van der Waals surface area (Å²) in [5.41, 5.74) is 0.134. The monoisotopic (exact) mass is 364 g/mol. The molecule has 1 fully saturated rings. The van der Waals surface area contributed by atoms with Gasteiger partial charge in [-0.25, -0.2) is 13.2 Å². The minimum Gasteiger partial charge on any atom is -0.497 e. The van der Waals surface area contributed by atoms with Gasteiger partial charge in [-0.05, 0) is 36.4 Å². The van der Waals surface area contributed by atoms with Crippen LogP contribution < -0.4 is 15.0 Å². The maximum Gasteiger partial charge on any atom is 0.229 e. The average molecular weight is 364 g/mol. The molecule has 0 aliphatic carbocycles. The van der Waals surface area contributed by atoms with E-state index in [4.69, 9.17) is 4.74 Å². The van der Waals surface area contributed by atoms with Crippen LogP contribution >= 0.6 is 0 Å². The number of benzene rings is 2. The number of nitrogens with zero attached hydrogens (tertiary/aromatic N) is 1. The van der Waals surface area contributed by atoms with Gasteiger partial charge in [-0.3, -0.25) is 9.59 Å². The van der Waals surface area contributed by atoms with Crippen molar-refractivity contribution in [2.24, 2.45) is 5.92 Å². The molecule has 26 heavy (non-hydrogen) atoms. The Morgan fingerprint density at radius 3 is 2.46 bits per heavy atom. The standard InChI is InChI=1S/C18H15F3N2O3/c1-26-12-4-2-11(3-5-12)23-9-10(8-15(23)24)18(25)22-14-7-6-13(19)16(20)17(14)21/h2-7,10H,8-9H2,1H3,(H,22,25). The average Bonchev–Trinajstić information content (AvgIpc) is 3.04. The minimum absolute atomic E-state index is 0.0663. The first-order valence-electron chi connectivity index (χ1n) is 7.79. The number of hydrogen-bond donors (Lipinski definition) is 1. The highest BCUT2D eigenvalue weighted by Gasteiger charge is 2.35. The fourth-order valence-electron chi connectivity index (χ4n) is 2.75. The smallest absolute Gasteiger partial charge is 0.229 e. The van der Waals surface area contributed by atoms with Crippen molar-refractivity contribution < 1.29 is 27.5 Å². The molecular weight excluding hydrogens is 349 g/mol. The Balaban J connectivity index is 1.71.